The maximum Gasteiger partial charge on any atom is 0.258 e. The first kappa shape index (κ1) is 14.6. The average Bonchev–Trinajstić information content (AvgIpc) is 2.78. The van der Waals surface area contributed by atoms with Gasteiger partial charge in [-0.25, -0.2) is 0 Å². The summed E-state index contributed by atoms with van der Waals surface area (Å²) < 4.78 is 11.9. The summed E-state index contributed by atoms with van der Waals surface area (Å²) in [5.41, 5.74) is -0.126. The summed E-state index contributed by atoms with van der Waals surface area (Å²) in [6.45, 7) is 19.3. The molecule has 0 aromatic carbocycles. The molecule has 3 heteroatoms. The minimum absolute atomic E-state index is 0.126. The van der Waals surface area contributed by atoms with Gasteiger partial charge in [-0.2, -0.15) is 0 Å². The van der Waals surface area contributed by atoms with E-state index in [9.17, 15) is 0 Å². The molecule has 1 rings (SSSR count). The number of hydrogen-bond donors (Lipinski definition) is 0. The molecule has 1 saturated carbocycles. The first-order chi connectivity index (χ1) is 7.46. The van der Waals surface area contributed by atoms with Gasteiger partial charge in [-0.3, -0.25) is 0 Å². The molecule has 1 fully saturated rings. The Morgan fingerprint density at radius 3 is 1.94 bits per heavy atom. The van der Waals surface area contributed by atoms with Crippen molar-refractivity contribution in [3.05, 3.63) is 12.5 Å². The predicted molar refractivity (Wildman–Crippen MR) is 75.3 cm³/mol. The number of hydrogen-bond acceptors (Lipinski definition) is 2. The Kier molecular flexibility index (Phi) is 3.73. The summed E-state index contributed by atoms with van der Waals surface area (Å²) in [6, 6.07) is 0. The van der Waals surface area contributed by atoms with Gasteiger partial charge in [0.05, 0.1) is 0 Å². The van der Waals surface area contributed by atoms with Crippen LogP contribution in [0, 0.1) is 5.92 Å². The topological polar surface area (TPSA) is 18.5 Å². The van der Waals surface area contributed by atoms with Gasteiger partial charge in [0.15, 0.2) is 0 Å². The summed E-state index contributed by atoms with van der Waals surface area (Å²) in [7, 11) is -1.81. The molecule has 0 unspecified atom stereocenters. The van der Waals surface area contributed by atoms with Crippen molar-refractivity contribution in [3.63, 3.8) is 0 Å². The van der Waals surface area contributed by atoms with Crippen molar-refractivity contribution in [2.45, 2.75) is 71.2 Å². The second-order valence-corrected chi connectivity index (χ2v) is 11.9. The standard InChI is InChI=1S/C14H28O2Si/c1-11(15-14(5,6)12-9-10-12)16-17(7,8)13(2,3)4/h12H,1,9-10H2,2-8H3. The normalized spacial score (nSPS) is 17.8. The van der Waals surface area contributed by atoms with Crippen molar-refractivity contribution in [1.29, 1.82) is 0 Å². The van der Waals surface area contributed by atoms with Crippen molar-refractivity contribution < 1.29 is 9.16 Å². The van der Waals surface area contributed by atoms with E-state index in [0.29, 0.717) is 11.9 Å². The van der Waals surface area contributed by atoms with E-state index in [-0.39, 0.29) is 10.6 Å². The third kappa shape index (κ3) is 3.77. The fourth-order valence-corrected chi connectivity index (χ4v) is 2.53. The van der Waals surface area contributed by atoms with Crippen molar-refractivity contribution in [3.8, 4) is 0 Å². The highest BCUT2D eigenvalue weighted by Crippen LogP contribution is 2.43. The molecule has 0 aromatic rings. The molecular weight excluding hydrogens is 228 g/mol. The molecule has 0 radical (unpaired) electrons. The van der Waals surface area contributed by atoms with E-state index in [0.717, 1.165) is 0 Å². The van der Waals surface area contributed by atoms with Crippen LogP contribution >= 0.6 is 0 Å². The van der Waals surface area contributed by atoms with E-state index in [1.807, 2.05) is 0 Å². The highest BCUT2D eigenvalue weighted by atomic mass is 28.4. The Morgan fingerprint density at radius 1 is 1.12 bits per heavy atom. The van der Waals surface area contributed by atoms with E-state index in [2.05, 4.69) is 54.3 Å². The zero-order valence-corrected chi connectivity index (χ0v) is 13.5. The van der Waals surface area contributed by atoms with Crippen molar-refractivity contribution in [1.82, 2.24) is 0 Å². The van der Waals surface area contributed by atoms with Crippen LogP contribution in [0.15, 0.2) is 12.5 Å². The van der Waals surface area contributed by atoms with Crippen molar-refractivity contribution in [2.24, 2.45) is 5.92 Å². The van der Waals surface area contributed by atoms with Crippen LogP contribution in [0.5, 0.6) is 0 Å². The van der Waals surface area contributed by atoms with Crippen LogP contribution in [0.3, 0.4) is 0 Å². The highest BCUT2D eigenvalue weighted by Gasteiger charge is 2.43. The molecule has 0 heterocycles. The number of rotatable bonds is 5. The molecule has 0 saturated heterocycles. The Hall–Kier alpha value is -0.443. The van der Waals surface area contributed by atoms with Gasteiger partial charge < -0.3 is 9.16 Å². The minimum atomic E-state index is -1.81. The smallest absolute Gasteiger partial charge is 0.258 e. The lowest BCUT2D eigenvalue weighted by molar-refractivity contribution is -0.0361. The van der Waals surface area contributed by atoms with Gasteiger partial charge in [-0.05, 0) is 57.3 Å². The van der Waals surface area contributed by atoms with Gasteiger partial charge in [0.25, 0.3) is 14.3 Å². The fourth-order valence-electron chi connectivity index (χ4n) is 1.61. The van der Waals surface area contributed by atoms with Gasteiger partial charge >= 0.3 is 0 Å². The lowest BCUT2D eigenvalue weighted by atomic mass is 10.0. The van der Waals surface area contributed by atoms with Crippen LogP contribution in [-0.4, -0.2) is 13.9 Å². The molecule has 0 N–H and O–H groups in total. The quantitative estimate of drug-likeness (QED) is 0.525. The summed E-state index contributed by atoms with van der Waals surface area (Å²) in [6.07, 6.45) is 2.53. The van der Waals surface area contributed by atoms with Crippen molar-refractivity contribution >= 4 is 8.32 Å². The Labute approximate surface area is 108 Å². The van der Waals surface area contributed by atoms with E-state index in [1.165, 1.54) is 12.8 Å². The van der Waals surface area contributed by atoms with Crippen LogP contribution in [-0.2, 0) is 9.16 Å². The lowest BCUT2D eigenvalue weighted by Gasteiger charge is -2.38. The lowest BCUT2D eigenvalue weighted by Crippen LogP contribution is -2.41. The summed E-state index contributed by atoms with van der Waals surface area (Å²) in [5, 5.41) is 0.184. The first-order valence-electron chi connectivity index (χ1n) is 6.53. The van der Waals surface area contributed by atoms with Gasteiger partial charge in [-0.1, -0.05) is 20.8 Å². The number of ether oxygens (including phenoxy) is 1. The van der Waals surface area contributed by atoms with E-state index >= 15 is 0 Å². The first-order valence-corrected chi connectivity index (χ1v) is 9.43. The molecule has 2 nitrogen and oxygen atoms in total. The molecule has 0 spiro atoms. The zero-order chi connectivity index (χ0) is 13.5. The summed E-state index contributed by atoms with van der Waals surface area (Å²) >= 11 is 0. The van der Waals surface area contributed by atoms with Gasteiger partial charge in [-0.15, -0.1) is 0 Å². The molecule has 0 aromatic heterocycles. The molecule has 0 atom stereocenters. The van der Waals surface area contributed by atoms with Crippen LogP contribution in [0.25, 0.3) is 0 Å². The molecule has 0 aliphatic heterocycles. The molecule has 0 amide bonds. The maximum atomic E-state index is 6.04. The molecule has 17 heavy (non-hydrogen) atoms. The monoisotopic (exact) mass is 256 g/mol. The third-order valence-electron chi connectivity index (χ3n) is 4.11. The van der Waals surface area contributed by atoms with Gasteiger partial charge in [0.2, 0.25) is 0 Å². The fraction of sp³-hybridized carbons (Fsp3) is 0.857. The molecule has 1 aliphatic rings. The summed E-state index contributed by atoms with van der Waals surface area (Å²) in [4.78, 5) is 0. The second kappa shape index (κ2) is 4.34. The second-order valence-electron chi connectivity index (χ2n) is 7.21. The average molecular weight is 256 g/mol. The predicted octanol–water partition coefficient (Wildman–Crippen LogP) is 4.68. The Morgan fingerprint density at radius 2 is 1.59 bits per heavy atom. The van der Waals surface area contributed by atoms with Gasteiger partial charge in [0, 0.05) is 0 Å². The Bertz CT molecular complexity index is 296. The molecular formula is C14H28O2Si. The maximum absolute atomic E-state index is 6.04. The Balaban J connectivity index is 2.55. The zero-order valence-electron chi connectivity index (χ0n) is 12.5. The van der Waals surface area contributed by atoms with E-state index in [4.69, 9.17) is 9.16 Å². The van der Waals surface area contributed by atoms with E-state index in [1.54, 1.807) is 0 Å². The molecule has 1 aliphatic carbocycles. The molecule has 100 valence electrons. The van der Waals surface area contributed by atoms with E-state index < -0.39 is 8.32 Å². The highest BCUT2D eigenvalue weighted by molar-refractivity contribution is 6.74. The minimum Gasteiger partial charge on any atom is -0.519 e. The van der Waals surface area contributed by atoms with Crippen LogP contribution in [0.4, 0.5) is 0 Å². The van der Waals surface area contributed by atoms with Crippen LogP contribution < -0.4 is 0 Å². The largest absolute Gasteiger partial charge is 0.519 e. The van der Waals surface area contributed by atoms with Crippen LogP contribution in [0.2, 0.25) is 18.1 Å². The van der Waals surface area contributed by atoms with Crippen LogP contribution in [0.1, 0.15) is 47.5 Å². The third-order valence-corrected chi connectivity index (χ3v) is 8.46. The SMILES string of the molecule is C=C(OC(C)(C)C1CC1)O[Si](C)(C)C(C)(C)C. The van der Waals surface area contributed by atoms with Gasteiger partial charge in [0.1, 0.15) is 5.60 Å². The summed E-state index contributed by atoms with van der Waals surface area (Å²) in [5.74, 6) is 1.18. The van der Waals surface area contributed by atoms with Crippen molar-refractivity contribution in [2.75, 3.05) is 0 Å². The molecule has 0 bridgehead atoms.